The second kappa shape index (κ2) is 8.13. The maximum Gasteiger partial charge on any atom is 0.281 e. The van der Waals surface area contributed by atoms with E-state index < -0.39 is 11.9 Å². The Bertz CT molecular complexity index is 1070. The smallest absolute Gasteiger partial charge is 0.281 e. The molecule has 0 saturated heterocycles. The topological polar surface area (TPSA) is 132 Å². The number of hydrogen-bond donors (Lipinski definition) is 0. The van der Waals surface area contributed by atoms with Crippen molar-refractivity contribution in [2.45, 2.75) is 25.5 Å². The number of aromatic carboxylic acids is 1. The van der Waals surface area contributed by atoms with Crippen molar-refractivity contribution in [3.05, 3.63) is 58.0 Å². The molecule has 0 aliphatic heterocycles. The van der Waals surface area contributed by atoms with Gasteiger partial charge < -0.3 is 28.6 Å². The number of aryl methyl sites for hydroxylation is 1. The van der Waals surface area contributed by atoms with Gasteiger partial charge in [0.15, 0.2) is 0 Å². The molecule has 9 heteroatoms. The van der Waals surface area contributed by atoms with Gasteiger partial charge >= 0.3 is 0 Å². The van der Waals surface area contributed by atoms with Crippen molar-refractivity contribution in [3.8, 4) is 11.3 Å². The molecule has 3 aromatic rings. The van der Waals surface area contributed by atoms with Gasteiger partial charge in [0.2, 0.25) is 5.89 Å². The molecule has 0 radical (unpaired) electrons. The summed E-state index contributed by atoms with van der Waals surface area (Å²) < 4.78 is 11.0. The van der Waals surface area contributed by atoms with Crippen LogP contribution in [0.15, 0.2) is 49.3 Å². The largest absolute Gasteiger partial charge is 0.545 e. The lowest BCUT2D eigenvalue weighted by Gasteiger charge is -2.10. The molecule has 144 valence electrons. The maximum atomic E-state index is 11.4. The van der Waals surface area contributed by atoms with Gasteiger partial charge in [0.25, 0.3) is 5.22 Å². The van der Waals surface area contributed by atoms with E-state index in [9.17, 15) is 19.8 Å². The highest BCUT2D eigenvalue weighted by Gasteiger charge is 2.13. The van der Waals surface area contributed by atoms with Crippen molar-refractivity contribution in [1.82, 2.24) is 10.2 Å². The van der Waals surface area contributed by atoms with Crippen molar-refractivity contribution in [3.63, 3.8) is 0 Å². The minimum atomic E-state index is -1.42. The number of carbonyl (C=O) groups is 2. The number of thioether (sulfide) groups is 1. The Kier molecular flexibility index (Phi) is 5.65. The normalized spacial score (nSPS) is 11.6. The van der Waals surface area contributed by atoms with Gasteiger partial charge in [0.1, 0.15) is 11.5 Å². The van der Waals surface area contributed by atoms with Crippen LogP contribution in [-0.4, -0.2) is 22.1 Å². The third kappa shape index (κ3) is 4.15. The first kappa shape index (κ1) is 19.4. The molecule has 0 atom stereocenters. The first-order valence-electron chi connectivity index (χ1n) is 8.23. The number of aliphatic carboxylic acids is 1. The number of carboxylic acids is 2. The fraction of sp³-hybridized carbons (Fsp3) is 0.158. The van der Waals surface area contributed by atoms with Gasteiger partial charge in [0.05, 0.1) is 11.9 Å². The van der Waals surface area contributed by atoms with Crippen molar-refractivity contribution >= 4 is 29.8 Å². The molecule has 28 heavy (non-hydrogen) atoms. The van der Waals surface area contributed by atoms with Gasteiger partial charge in [-0.05, 0) is 42.5 Å². The molecule has 1 aromatic carbocycles. The molecule has 0 N–H and O–H groups in total. The zero-order valence-corrected chi connectivity index (χ0v) is 15.7. The number of furan rings is 1. The third-order valence-corrected chi connectivity index (χ3v) is 4.71. The van der Waals surface area contributed by atoms with Gasteiger partial charge in [-0.1, -0.05) is 25.1 Å². The highest BCUT2D eigenvalue weighted by atomic mass is 32.2. The number of carbonyl (C=O) groups excluding carboxylic acids is 2. The Morgan fingerprint density at radius 3 is 2.57 bits per heavy atom. The van der Waals surface area contributed by atoms with E-state index in [2.05, 4.69) is 10.2 Å². The van der Waals surface area contributed by atoms with Gasteiger partial charge in [-0.3, -0.25) is 0 Å². The van der Waals surface area contributed by atoms with E-state index in [0.29, 0.717) is 29.2 Å². The molecular formula is C19H14N2O6S-2. The number of aromatic nitrogens is 2. The van der Waals surface area contributed by atoms with Crippen LogP contribution in [0.5, 0.6) is 0 Å². The van der Waals surface area contributed by atoms with E-state index >= 15 is 0 Å². The van der Waals surface area contributed by atoms with Crippen LogP contribution in [0.2, 0.25) is 0 Å². The van der Waals surface area contributed by atoms with Crippen LogP contribution >= 0.6 is 11.8 Å². The van der Waals surface area contributed by atoms with E-state index in [-0.39, 0.29) is 21.5 Å². The predicted molar refractivity (Wildman–Crippen MR) is 95.7 cm³/mol. The van der Waals surface area contributed by atoms with Crippen LogP contribution < -0.4 is 10.2 Å². The Morgan fingerprint density at radius 2 is 1.93 bits per heavy atom. The lowest BCUT2D eigenvalue weighted by atomic mass is 10.0. The summed E-state index contributed by atoms with van der Waals surface area (Å²) in [5.41, 5.74) is 1.11. The number of nitrogens with zero attached hydrogens (tertiary/aromatic N) is 2. The van der Waals surface area contributed by atoms with E-state index in [1.165, 1.54) is 12.1 Å². The standard InChI is InChI=1S/C19H16N2O6S/c1-3-16-20-21-19(27-16)28-15(18(24)25)9-11-7-8-14(26-11)12-5-4-6-13(10(12)2)17(22)23/h4-9H,3H2,1-2H3,(H,22,23)(H,24,25)/p-2/b15-9-. The van der Waals surface area contributed by atoms with Crippen molar-refractivity contribution in [2.75, 3.05) is 0 Å². The first-order valence-corrected chi connectivity index (χ1v) is 9.05. The quantitative estimate of drug-likeness (QED) is 0.428. The molecule has 0 saturated carbocycles. The second-order valence-electron chi connectivity index (χ2n) is 5.68. The highest BCUT2D eigenvalue weighted by molar-refractivity contribution is 8.03. The van der Waals surface area contributed by atoms with Gasteiger partial charge in [-0.15, -0.1) is 10.2 Å². The zero-order chi connectivity index (χ0) is 20.3. The summed E-state index contributed by atoms with van der Waals surface area (Å²) in [5, 5.41) is 30.2. The summed E-state index contributed by atoms with van der Waals surface area (Å²) in [5.74, 6) is -1.68. The van der Waals surface area contributed by atoms with E-state index in [0.717, 1.165) is 11.8 Å². The predicted octanol–water partition coefficient (Wildman–Crippen LogP) is 1.45. The summed E-state index contributed by atoms with van der Waals surface area (Å²) in [7, 11) is 0. The van der Waals surface area contributed by atoms with Gasteiger partial charge in [0, 0.05) is 22.5 Å². The molecule has 0 spiro atoms. The zero-order valence-electron chi connectivity index (χ0n) is 14.9. The fourth-order valence-electron chi connectivity index (χ4n) is 2.47. The summed E-state index contributed by atoms with van der Waals surface area (Å²) >= 11 is 0.755. The van der Waals surface area contributed by atoms with Crippen LogP contribution in [-0.2, 0) is 11.2 Å². The number of rotatable bonds is 7. The monoisotopic (exact) mass is 398 g/mol. The van der Waals surface area contributed by atoms with Crippen molar-refractivity contribution < 1.29 is 28.6 Å². The van der Waals surface area contributed by atoms with Gasteiger partial charge in [-0.25, -0.2) is 0 Å². The molecule has 0 amide bonds. The lowest BCUT2D eigenvalue weighted by molar-refractivity contribution is -0.298. The SMILES string of the molecule is CCc1nnc(S/C(=C\c2ccc(-c3cccc(C(=O)[O-])c3C)o2)C(=O)[O-])o1. The first-order chi connectivity index (χ1) is 13.4. The molecule has 8 nitrogen and oxygen atoms in total. The van der Waals surface area contributed by atoms with Crippen LogP contribution in [0, 0.1) is 6.92 Å². The van der Waals surface area contributed by atoms with E-state index in [4.69, 9.17) is 8.83 Å². The van der Waals surface area contributed by atoms with Crippen molar-refractivity contribution in [1.29, 1.82) is 0 Å². The third-order valence-electron chi connectivity index (χ3n) is 3.87. The molecule has 2 aromatic heterocycles. The fourth-order valence-corrected chi connectivity index (χ4v) is 3.14. The molecule has 2 heterocycles. The molecule has 0 bridgehead atoms. The Labute approximate surface area is 163 Å². The average molecular weight is 398 g/mol. The maximum absolute atomic E-state index is 11.4. The molecule has 0 aliphatic rings. The molecule has 0 aliphatic carbocycles. The Hall–Kier alpha value is -3.33. The lowest BCUT2D eigenvalue weighted by Crippen LogP contribution is -2.23. The van der Waals surface area contributed by atoms with Crippen LogP contribution in [0.4, 0.5) is 0 Å². The van der Waals surface area contributed by atoms with Crippen LogP contribution in [0.3, 0.4) is 0 Å². The number of carboxylic acid groups (broad SMARTS) is 2. The minimum Gasteiger partial charge on any atom is -0.545 e. The number of benzene rings is 1. The summed E-state index contributed by atoms with van der Waals surface area (Å²) in [6, 6.07) is 7.90. The van der Waals surface area contributed by atoms with E-state index in [1.54, 1.807) is 31.2 Å². The van der Waals surface area contributed by atoms with Crippen LogP contribution in [0.25, 0.3) is 17.4 Å². The molecule has 0 fully saturated rings. The summed E-state index contributed by atoms with van der Waals surface area (Å²) in [6.45, 7) is 3.47. The molecule has 0 unspecified atom stereocenters. The van der Waals surface area contributed by atoms with Gasteiger partial charge in [-0.2, -0.15) is 0 Å². The molecular weight excluding hydrogens is 384 g/mol. The highest BCUT2D eigenvalue weighted by Crippen LogP contribution is 2.31. The van der Waals surface area contributed by atoms with Crippen LogP contribution in [0.1, 0.15) is 34.5 Å². The van der Waals surface area contributed by atoms with Crippen molar-refractivity contribution in [2.24, 2.45) is 0 Å². The summed E-state index contributed by atoms with van der Waals surface area (Å²) in [4.78, 5) is 22.4. The Morgan fingerprint density at radius 1 is 1.14 bits per heavy atom. The molecule has 3 rings (SSSR count). The summed E-state index contributed by atoms with van der Waals surface area (Å²) in [6.07, 6.45) is 1.81. The number of hydrogen-bond acceptors (Lipinski definition) is 9. The second-order valence-corrected chi connectivity index (χ2v) is 6.67. The average Bonchev–Trinajstić information content (AvgIpc) is 3.30. The minimum absolute atomic E-state index is 0.0556. The van der Waals surface area contributed by atoms with E-state index in [1.807, 2.05) is 6.92 Å². The Balaban J connectivity index is 1.90.